The third-order valence-electron chi connectivity index (χ3n) is 5.85. The molecule has 2 fully saturated rings. The molecule has 1 aromatic heterocycles. The van der Waals surface area contributed by atoms with Crippen LogP contribution in [0.25, 0.3) is 0 Å². The lowest BCUT2D eigenvalue weighted by molar-refractivity contribution is -0.144. The Hall–Kier alpha value is -2.51. The average molecular weight is 395 g/mol. The van der Waals surface area contributed by atoms with Crippen LogP contribution in [0.5, 0.6) is 0 Å². The first kappa shape index (κ1) is 17.6. The van der Waals surface area contributed by atoms with Gasteiger partial charge in [0.25, 0.3) is 0 Å². The number of amides is 4. The van der Waals surface area contributed by atoms with Crippen molar-refractivity contribution in [1.82, 2.24) is 14.7 Å². The third-order valence-corrected chi connectivity index (χ3v) is 6.71. The molecule has 1 saturated carbocycles. The average Bonchev–Trinajstić information content (AvgIpc) is 3.18. The van der Waals surface area contributed by atoms with Gasteiger partial charge in [-0.25, -0.2) is 9.69 Å². The fraction of sp³-hybridized carbons (Fsp3) is 0.381. The number of carbonyl (C=O) groups is 3. The summed E-state index contributed by atoms with van der Waals surface area (Å²) in [6, 6.07) is 12.2. The summed E-state index contributed by atoms with van der Waals surface area (Å²) in [5.41, 5.74) is 2.63. The van der Waals surface area contributed by atoms with Crippen molar-refractivity contribution in [1.29, 1.82) is 0 Å². The second-order valence-corrected chi connectivity index (χ2v) is 8.66. The molecule has 0 N–H and O–H groups in total. The molecule has 1 saturated heterocycles. The first-order valence-corrected chi connectivity index (χ1v) is 10.5. The van der Waals surface area contributed by atoms with E-state index in [0.717, 1.165) is 40.4 Å². The van der Waals surface area contributed by atoms with Crippen LogP contribution in [0, 0.1) is 0 Å². The molecule has 5 rings (SSSR count). The normalized spacial score (nSPS) is 21.9. The second-order valence-electron chi connectivity index (χ2n) is 7.63. The van der Waals surface area contributed by atoms with E-state index in [1.165, 1.54) is 22.5 Å². The van der Waals surface area contributed by atoms with Crippen LogP contribution < -0.4 is 0 Å². The van der Waals surface area contributed by atoms with Crippen molar-refractivity contribution in [2.24, 2.45) is 0 Å². The molecule has 0 spiro atoms. The fourth-order valence-corrected chi connectivity index (χ4v) is 4.98. The lowest BCUT2D eigenvalue weighted by Gasteiger charge is -2.32. The smallest absolute Gasteiger partial charge is 0.275 e. The van der Waals surface area contributed by atoms with Gasteiger partial charge in [-0.15, -0.1) is 11.3 Å². The van der Waals surface area contributed by atoms with E-state index >= 15 is 0 Å². The van der Waals surface area contributed by atoms with Crippen molar-refractivity contribution in [3.63, 3.8) is 0 Å². The number of imide groups is 2. The molecule has 144 valence electrons. The van der Waals surface area contributed by atoms with Crippen LogP contribution in [0.4, 0.5) is 4.79 Å². The first-order chi connectivity index (χ1) is 13.6. The number of hydrogen-bond acceptors (Lipinski definition) is 5. The van der Waals surface area contributed by atoms with Gasteiger partial charge in [-0.05, 0) is 48.3 Å². The largest absolute Gasteiger partial charge is 0.335 e. The number of fused-ring (bicyclic) bond motifs is 1. The molecule has 1 unspecified atom stereocenters. The Kier molecular flexibility index (Phi) is 4.29. The zero-order valence-electron chi connectivity index (χ0n) is 15.4. The fourth-order valence-electron chi connectivity index (χ4n) is 4.29. The highest BCUT2D eigenvalue weighted by molar-refractivity contribution is 7.09. The summed E-state index contributed by atoms with van der Waals surface area (Å²) in [5, 5.41) is 1.90. The van der Waals surface area contributed by atoms with Gasteiger partial charge in [0.1, 0.15) is 0 Å². The molecule has 2 heterocycles. The quantitative estimate of drug-likeness (QED) is 0.557. The number of urea groups is 1. The van der Waals surface area contributed by atoms with Crippen molar-refractivity contribution in [2.45, 2.75) is 44.3 Å². The summed E-state index contributed by atoms with van der Waals surface area (Å²) >= 11 is 1.47. The number of benzene rings is 1. The van der Waals surface area contributed by atoms with Gasteiger partial charge in [0.2, 0.25) is 0 Å². The molecule has 1 aliphatic heterocycles. The zero-order valence-corrected chi connectivity index (χ0v) is 16.2. The molecule has 7 heteroatoms. The van der Waals surface area contributed by atoms with Crippen molar-refractivity contribution >= 4 is 29.2 Å². The molecule has 6 nitrogen and oxygen atoms in total. The van der Waals surface area contributed by atoms with Crippen LogP contribution in [0.1, 0.15) is 41.3 Å². The maximum atomic E-state index is 12.9. The molecule has 0 bridgehead atoms. The Labute approximate surface area is 167 Å². The topological polar surface area (TPSA) is 60.9 Å². The number of aryl methyl sites for hydroxylation is 1. The van der Waals surface area contributed by atoms with Gasteiger partial charge in [0.15, 0.2) is 0 Å². The molecule has 2 aliphatic carbocycles. The van der Waals surface area contributed by atoms with E-state index in [9.17, 15) is 14.4 Å². The molecular formula is C21H21N3O3S. The molecule has 0 radical (unpaired) electrons. The summed E-state index contributed by atoms with van der Waals surface area (Å²) in [7, 11) is 0. The van der Waals surface area contributed by atoms with E-state index < -0.39 is 17.8 Å². The van der Waals surface area contributed by atoms with Crippen molar-refractivity contribution in [3.05, 3.63) is 57.8 Å². The summed E-state index contributed by atoms with van der Waals surface area (Å²) in [4.78, 5) is 43.3. The summed E-state index contributed by atoms with van der Waals surface area (Å²) in [5.74, 6) is -1.43. The standard InChI is InChI=1S/C21H21N3O3S/c25-19-20(26)24(21(27)22(19)12-16-5-3-11-28-16)13-23(15-8-9-15)18-10-7-14-4-1-2-6-17(14)18/h1-6,11,15,18H,7-10,12-13H2. The van der Waals surface area contributed by atoms with Crippen LogP contribution in [-0.4, -0.2) is 45.3 Å². The van der Waals surface area contributed by atoms with Gasteiger partial charge in [-0.3, -0.25) is 19.4 Å². The number of carbonyl (C=O) groups excluding carboxylic acids is 3. The first-order valence-electron chi connectivity index (χ1n) is 9.66. The predicted molar refractivity (Wildman–Crippen MR) is 104 cm³/mol. The molecule has 3 aliphatic rings. The number of hydrogen-bond donors (Lipinski definition) is 0. The lowest BCUT2D eigenvalue weighted by atomic mass is 10.1. The Morgan fingerprint density at radius 2 is 1.75 bits per heavy atom. The van der Waals surface area contributed by atoms with E-state index in [2.05, 4.69) is 23.1 Å². The van der Waals surface area contributed by atoms with Gasteiger partial charge in [0, 0.05) is 17.0 Å². The van der Waals surface area contributed by atoms with Gasteiger partial charge in [0.05, 0.1) is 13.2 Å². The minimum absolute atomic E-state index is 0.160. The summed E-state index contributed by atoms with van der Waals surface area (Å²) < 4.78 is 0. The SMILES string of the molecule is O=C1C(=O)N(CN(C2CC2)C2CCc3ccccc32)C(=O)N1Cc1cccs1. The highest BCUT2D eigenvalue weighted by Gasteiger charge is 2.47. The molecule has 2 aromatic rings. The molecule has 4 amide bonds. The van der Waals surface area contributed by atoms with E-state index in [4.69, 9.17) is 0 Å². The number of thiophene rings is 1. The van der Waals surface area contributed by atoms with E-state index in [-0.39, 0.29) is 19.3 Å². The van der Waals surface area contributed by atoms with Crippen LogP contribution in [0.2, 0.25) is 0 Å². The van der Waals surface area contributed by atoms with Crippen molar-refractivity contribution in [3.8, 4) is 0 Å². The van der Waals surface area contributed by atoms with E-state index in [1.807, 2.05) is 23.6 Å². The monoisotopic (exact) mass is 395 g/mol. The minimum atomic E-state index is -0.721. The Morgan fingerprint density at radius 3 is 2.50 bits per heavy atom. The van der Waals surface area contributed by atoms with Crippen molar-refractivity contribution in [2.75, 3.05) is 6.67 Å². The highest BCUT2D eigenvalue weighted by atomic mass is 32.1. The Balaban J connectivity index is 1.37. The van der Waals surface area contributed by atoms with Crippen LogP contribution in [-0.2, 0) is 22.6 Å². The van der Waals surface area contributed by atoms with Gasteiger partial charge in [-0.1, -0.05) is 30.3 Å². The number of nitrogens with zero attached hydrogens (tertiary/aromatic N) is 3. The van der Waals surface area contributed by atoms with E-state index in [1.54, 1.807) is 0 Å². The van der Waals surface area contributed by atoms with Gasteiger partial charge < -0.3 is 0 Å². The van der Waals surface area contributed by atoms with Crippen molar-refractivity contribution < 1.29 is 14.4 Å². The zero-order chi connectivity index (χ0) is 19.3. The lowest BCUT2D eigenvalue weighted by Crippen LogP contribution is -2.44. The number of rotatable bonds is 6. The van der Waals surface area contributed by atoms with Gasteiger partial charge in [-0.2, -0.15) is 0 Å². The maximum Gasteiger partial charge on any atom is 0.335 e. The minimum Gasteiger partial charge on any atom is -0.275 e. The molecule has 1 aromatic carbocycles. The Bertz CT molecular complexity index is 938. The maximum absolute atomic E-state index is 12.9. The van der Waals surface area contributed by atoms with Crippen LogP contribution >= 0.6 is 11.3 Å². The second kappa shape index (κ2) is 6.83. The van der Waals surface area contributed by atoms with Crippen LogP contribution in [0.15, 0.2) is 41.8 Å². The summed E-state index contributed by atoms with van der Waals surface area (Å²) in [6.45, 7) is 0.348. The molecule has 28 heavy (non-hydrogen) atoms. The van der Waals surface area contributed by atoms with E-state index in [0.29, 0.717) is 6.04 Å². The Morgan fingerprint density at radius 1 is 0.964 bits per heavy atom. The molecule has 1 atom stereocenters. The highest BCUT2D eigenvalue weighted by Crippen LogP contribution is 2.42. The predicted octanol–water partition coefficient (Wildman–Crippen LogP) is 3.15. The van der Waals surface area contributed by atoms with Crippen LogP contribution in [0.3, 0.4) is 0 Å². The summed E-state index contributed by atoms with van der Waals surface area (Å²) in [6.07, 6.45) is 4.14. The molecular weight excluding hydrogens is 374 g/mol. The third kappa shape index (κ3) is 2.95. The van der Waals surface area contributed by atoms with Gasteiger partial charge >= 0.3 is 17.8 Å².